The minimum Gasteiger partial charge on any atom is -0.370 e. The molecule has 1 aromatic rings. The Morgan fingerprint density at radius 3 is 2.54 bits per heavy atom. The topological polar surface area (TPSA) is 81.8 Å². The van der Waals surface area contributed by atoms with Gasteiger partial charge in [-0.1, -0.05) is 11.6 Å². The molecule has 8 heteroatoms. The van der Waals surface area contributed by atoms with Gasteiger partial charge in [-0.05, 0) is 44.9 Å². The molecule has 0 atom stereocenters. The Labute approximate surface area is 157 Å². The molecule has 4 amide bonds. The summed E-state index contributed by atoms with van der Waals surface area (Å²) in [4.78, 5) is 39.4. The van der Waals surface area contributed by atoms with Crippen molar-refractivity contribution in [3.8, 4) is 0 Å². The third-order valence-electron chi connectivity index (χ3n) is 4.69. The molecule has 26 heavy (non-hydrogen) atoms. The molecule has 0 saturated carbocycles. The largest absolute Gasteiger partial charge is 0.370 e. The van der Waals surface area contributed by atoms with Gasteiger partial charge in [-0.2, -0.15) is 0 Å². The molecule has 2 N–H and O–H groups in total. The highest BCUT2D eigenvalue weighted by Crippen LogP contribution is 2.31. The van der Waals surface area contributed by atoms with Crippen LogP contribution < -0.4 is 15.5 Å². The number of amides is 4. The second kappa shape index (κ2) is 7.15. The molecule has 0 aromatic heterocycles. The Morgan fingerprint density at radius 2 is 1.96 bits per heavy atom. The van der Waals surface area contributed by atoms with Crippen LogP contribution in [0, 0.1) is 0 Å². The van der Waals surface area contributed by atoms with Gasteiger partial charge in [0.05, 0.1) is 10.7 Å². The van der Waals surface area contributed by atoms with Crippen LogP contribution in [-0.4, -0.2) is 47.9 Å². The Bertz CT molecular complexity index is 744. The lowest BCUT2D eigenvalue weighted by Gasteiger charge is -2.20. The monoisotopic (exact) mass is 378 g/mol. The predicted molar refractivity (Wildman–Crippen MR) is 100 cm³/mol. The summed E-state index contributed by atoms with van der Waals surface area (Å²) in [5.74, 6) is -0.603. The molecular formula is C18H23ClN4O3. The van der Waals surface area contributed by atoms with Gasteiger partial charge in [0.25, 0.3) is 5.91 Å². The van der Waals surface area contributed by atoms with Gasteiger partial charge in [0.1, 0.15) is 5.54 Å². The number of hydrogen-bond acceptors (Lipinski definition) is 4. The maximum atomic E-state index is 12.2. The van der Waals surface area contributed by atoms with Gasteiger partial charge in [0, 0.05) is 31.7 Å². The molecule has 0 unspecified atom stereocenters. The summed E-state index contributed by atoms with van der Waals surface area (Å²) in [6, 6.07) is 4.98. The van der Waals surface area contributed by atoms with Crippen molar-refractivity contribution >= 4 is 40.8 Å². The standard InChI is InChI=1S/C18H23ClN4O3/c1-18(2)16(25)23(17(26)21-18)10-7-15(24)20-12-5-6-14(13(19)11-12)22-8-3-4-9-22/h5-6,11H,3-4,7-10H2,1-2H3,(H,20,24)(H,21,26). The summed E-state index contributed by atoms with van der Waals surface area (Å²) in [5.41, 5.74) is 0.649. The number of imide groups is 1. The van der Waals surface area contributed by atoms with Gasteiger partial charge < -0.3 is 15.5 Å². The van der Waals surface area contributed by atoms with Crippen LogP contribution in [-0.2, 0) is 9.59 Å². The van der Waals surface area contributed by atoms with Gasteiger partial charge >= 0.3 is 6.03 Å². The third kappa shape index (κ3) is 3.77. The molecule has 140 valence electrons. The number of hydrogen-bond donors (Lipinski definition) is 2. The molecule has 0 spiro atoms. The van der Waals surface area contributed by atoms with Gasteiger partial charge in [-0.25, -0.2) is 4.79 Å². The minimum atomic E-state index is -0.924. The number of carbonyl (C=O) groups is 3. The van der Waals surface area contributed by atoms with E-state index < -0.39 is 11.6 Å². The van der Waals surface area contributed by atoms with Gasteiger partial charge in [0.2, 0.25) is 5.91 Å². The van der Waals surface area contributed by atoms with E-state index in [1.807, 2.05) is 12.1 Å². The fourth-order valence-electron chi connectivity index (χ4n) is 3.26. The minimum absolute atomic E-state index is 0.0285. The first-order valence-electron chi connectivity index (χ1n) is 8.76. The number of halogens is 1. The first-order chi connectivity index (χ1) is 12.3. The summed E-state index contributed by atoms with van der Waals surface area (Å²) >= 11 is 6.34. The lowest BCUT2D eigenvalue weighted by molar-refractivity contribution is -0.130. The van der Waals surface area contributed by atoms with Crippen molar-refractivity contribution in [2.45, 2.75) is 38.6 Å². The van der Waals surface area contributed by atoms with Crippen LogP contribution in [0.25, 0.3) is 0 Å². The van der Waals surface area contributed by atoms with Crippen LogP contribution in [0.5, 0.6) is 0 Å². The smallest absolute Gasteiger partial charge is 0.325 e. The normalized spacial score (nSPS) is 19.0. The van der Waals surface area contributed by atoms with Gasteiger partial charge in [-0.15, -0.1) is 0 Å². The zero-order valence-corrected chi connectivity index (χ0v) is 15.7. The summed E-state index contributed by atoms with van der Waals surface area (Å²) in [6.07, 6.45) is 2.35. The molecule has 3 rings (SSSR count). The fourth-order valence-corrected chi connectivity index (χ4v) is 3.56. The van der Waals surface area contributed by atoms with Crippen molar-refractivity contribution < 1.29 is 14.4 Å². The number of urea groups is 1. The molecule has 0 radical (unpaired) electrons. The molecule has 7 nitrogen and oxygen atoms in total. The maximum Gasteiger partial charge on any atom is 0.325 e. The van der Waals surface area contributed by atoms with E-state index in [0.717, 1.165) is 36.5 Å². The highest BCUT2D eigenvalue weighted by Gasteiger charge is 2.43. The molecule has 0 aliphatic carbocycles. The van der Waals surface area contributed by atoms with Crippen LogP contribution in [0.1, 0.15) is 33.1 Å². The molecule has 1 aromatic carbocycles. The zero-order valence-electron chi connectivity index (χ0n) is 15.0. The summed E-state index contributed by atoms with van der Waals surface area (Å²) in [5, 5.41) is 5.95. The lowest BCUT2D eigenvalue weighted by atomic mass is 10.1. The van der Waals surface area contributed by atoms with Crippen molar-refractivity contribution in [3.05, 3.63) is 23.2 Å². The lowest BCUT2D eigenvalue weighted by Crippen LogP contribution is -2.40. The number of anilines is 2. The highest BCUT2D eigenvalue weighted by molar-refractivity contribution is 6.33. The van der Waals surface area contributed by atoms with Crippen molar-refractivity contribution in [2.75, 3.05) is 29.9 Å². The van der Waals surface area contributed by atoms with E-state index in [-0.39, 0.29) is 24.8 Å². The number of benzene rings is 1. The van der Waals surface area contributed by atoms with Crippen LogP contribution in [0.4, 0.5) is 16.2 Å². The van der Waals surface area contributed by atoms with E-state index in [1.54, 1.807) is 19.9 Å². The summed E-state index contributed by atoms with van der Waals surface area (Å²) < 4.78 is 0. The van der Waals surface area contributed by atoms with Crippen molar-refractivity contribution in [1.29, 1.82) is 0 Å². The highest BCUT2D eigenvalue weighted by atomic mass is 35.5. The molecule has 2 saturated heterocycles. The van der Waals surface area contributed by atoms with E-state index in [4.69, 9.17) is 11.6 Å². The number of nitrogens with zero attached hydrogens (tertiary/aromatic N) is 2. The van der Waals surface area contributed by atoms with Gasteiger partial charge in [-0.3, -0.25) is 14.5 Å². The quantitative estimate of drug-likeness (QED) is 0.771. The molecular weight excluding hydrogens is 356 g/mol. The van der Waals surface area contributed by atoms with Crippen molar-refractivity contribution in [3.63, 3.8) is 0 Å². The zero-order chi connectivity index (χ0) is 18.9. The second-order valence-electron chi connectivity index (χ2n) is 7.17. The van der Waals surface area contributed by atoms with Crippen LogP contribution in [0.3, 0.4) is 0 Å². The van der Waals surface area contributed by atoms with Crippen LogP contribution in [0.15, 0.2) is 18.2 Å². The Morgan fingerprint density at radius 1 is 1.27 bits per heavy atom. The first-order valence-corrected chi connectivity index (χ1v) is 9.14. The number of nitrogens with one attached hydrogen (secondary N) is 2. The molecule has 0 bridgehead atoms. The maximum absolute atomic E-state index is 12.2. The molecule has 2 heterocycles. The van der Waals surface area contributed by atoms with E-state index >= 15 is 0 Å². The SMILES string of the molecule is CC1(C)NC(=O)N(CCC(=O)Nc2ccc(N3CCCC3)c(Cl)c2)C1=O. The Hall–Kier alpha value is -2.28. The van der Waals surface area contributed by atoms with E-state index in [2.05, 4.69) is 15.5 Å². The molecule has 2 fully saturated rings. The average Bonchev–Trinajstić information content (AvgIpc) is 3.14. The van der Waals surface area contributed by atoms with Crippen molar-refractivity contribution in [1.82, 2.24) is 10.2 Å². The number of carbonyl (C=O) groups excluding carboxylic acids is 3. The fraction of sp³-hybridized carbons (Fsp3) is 0.500. The van der Waals surface area contributed by atoms with Crippen LogP contribution >= 0.6 is 11.6 Å². The van der Waals surface area contributed by atoms with E-state index in [1.165, 1.54) is 0 Å². The predicted octanol–water partition coefficient (Wildman–Crippen LogP) is 2.60. The van der Waals surface area contributed by atoms with E-state index in [0.29, 0.717) is 10.7 Å². The third-order valence-corrected chi connectivity index (χ3v) is 4.99. The summed E-state index contributed by atoms with van der Waals surface area (Å²) in [7, 11) is 0. The Kier molecular flexibility index (Phi) is 5.09. The molecule has 2 aliphatic heterocycles. The van der Waals surface area contributed by atoms with E-state index in [9.17, 15) is 14.4 Å². The Balaban J connectivity index is 1.56. The molecule has 2 aliphatic rings. The first kappa shape index (κ1) is 18.5. The van der Waals surface area contributed by atoms with Gasteiger partial charge in [0.15, 0.2) is 0 Å². The second-order valence-corrected chi connectivity index (χ2v) is 7.58. The summed E-state index contributed by atoms with van der Waals surface area (Å²) in [6.45, 7) is 5.30. The number of rotatable bonds is 5. The van der Waals surface area contributed by atoms with Crippen LogP contribution in [0.2, 0.25) is 5.02 Å². The average molecular weight is 379 g/mol. The van der Waals surface area contributed by atoms with Crippen molar-refractivity contribution in [2.24, 2.45) is 0 Å².